The fraction of sp³-hybridized carbons (Fsp3) is 0.864. The molecule has 6 nitrogen and oxygen atoms in total. The quantitative estimate of drug-likeness (QED) is 0.0261. The van der Waals surface area contributed by atoms with E-state index in [1.165, 1.54) is 231 Å². The normalized spacial score (nSPS) is 12.2. The van der Waals surface area contributed by atoms with E-state index in [4.69, 9.17) is 14.2 Å². The topological polar surface area (TPSA) is 78.9 Å². The number of carbonyl (C=O) groups excluding carboxylic acids is 3. The highest BCUT2D eigenvalue weighted by atomic mass is 16.6. The molecule has 0 aliphatic heterocycles. The van der Waals surface area contributed by atoms with E-state index < -0.39 is 6.10 Å². The molecule has 0 spiro atoms. The first-order valence-corrected chi connectivity index (χ1v) is 32.0. The van der Waals surface area contributed by atoms with Gasteiger partial charge in [-0.05, 0) is 77.0 Å². The van der Waals surface area contributed by atoms with E-state index in [1.54, 1.807) is 0 Å². The van der Waals surface area contributed by atoms with Crippen LogP contribution >= 0.6 is 0 Å². The van der Waals surface area contributed by atoms with Crippen LogP contribution in [0.3, 0.4) is 0 Å². The van der Waals surface area contributed by atoms with E-state index in [1.807, 2.05) is 0 Å². The lowest BCUT2D eigenvalue weighted by Crippen LogP contribution is -2.30. The van der Waals surface area contributed by atoms with Gasteiger partial charge < -0.3 is 14.2 Å². The summed E-state index contributed by atoms with van der Waals surface area (Å²) >= 11 is 0. The molecule has 0 N–H and O–H groups in total. The molecule has 0 aliphatic rings. The SMILES string of the molecule is CCCCCC/C=C\C/C=C\CCCCCCCCCC(=O)OC(COC(=O)CCCCCCC/C=C\CCCCCC)COC(=O)CCCCCCCCCCCCCCCCCCCCCCCCC. The molecule has 422 valence electrons. The van der Waals surface area contributed by atoms with Crippen LogP contribution < -0.4 is 0 Å². The summed E-state index contributed by atoms with van der Waals surface area (Å²) < 4.78 is 16.9. The van der Waals surface area contributed by atoms with Gasteiger partial charge in [0.05, 0.1) is 0 Å². The molecule has 72 heavy (non-hydrogen) atoms. The van der Waals surface area contributed by atoms with E-state index in [-0.39, 0.29) is 31.1 Å². The van der Waals surface area contributed by atoms with Gasteiger partial charge in [-0.1, -0.05) is 288 Å². The summed E-state index contributed by atoms with van der Waals surface area (Å²) in [5.41, 5.74) is 0. The summed E-state index contributed by atoms with van der Waals surface area (Å²) in [6, 6.07) is 0. The Morgan fingerprint density at radius 2 is 0.500 bits per heavy atom. The summed E-state index contributed by atoms with van der Waals surface area (Å²) in [5.74, 6) is -0.869. The van der Waals surface area contributed by atoms with Crippen LogP contribution in [0.25, 0.3) is 0 Å². The van der Waals surface area contributed by atoms with Gasteiger partial charge in [0.15, 0.2) is 6.10 Å². The third-order valence-corrected chi connectivity index (χ3v) is 14.4. The number of carbonyl (C=O) groups is 3. The fourth-order valence-electron chi connectivity index (χ4n) is 9.53. The smallest absolute Gasteiger partial charge is 0.306 e. The molecule has 0 aromatic heterocycles. The van der Waals surface area contributed by atoms with Crippen LogP contribution in [-0.4, -0.2) is 37.2 Å². The van der Waals surface area contributed by atoms with E-state index >= 15 is 0 Å². The van der Waals surface area contributed by atoms with Crippen molar-refractivity contribution in [2.45, 2.75) is 354 Å². The molecule has 0 saturated heterocycles. The van der Waals surface area contributed by atoms with Crippen molar-refractivity contribution in [2.24, 2.45) is 0 Å². The number of rotatable bonds is 59. The zero-order valence-electron chi connectivity index (χ0n) is 48.5. The Bertz CT molecular complexity index is 1210. The molecular formula is C66H122O6. The first-order valence-electron chi connectivity index (χ1n) is 32.0. The number of esters is 3. The predicted octanol–water partition coefficient (Wildman–Crippen LogP) is 21.6. The molecule has 0 amide bonds. The number of allylic oxidation sites excluding steroid dienone is 6. The second kappa shape index (κ2) is 61.2. The summed E-state index contributed by atoms with van der Waals surface area (Å²) in [4.78, 5) is 38.3. The van der Waals surface area contributed by atoms with Crippen molar-refractivity contribution in [2.75, 3.05) is 13.2 Å². The highest BCUT2D eigenvalue weighted by Crippen LogP contribution is 2.17. The van der Waals surface area contributed by atoms with Gasteiger partial charge in [-0.3, -0.25) is 14.4 Å². The Kier molecular flexibility index (Phi) is 59.2. The standard InChI is InChI=1S/C66H122O6/c1-4-7-10-13-16-19-22-25-27-29-31-32-33-34-35-37-38-41-44-47-50-53-56-59-65(68)71-62-63(61-70-64(67)58-55-52-49-46-43-40-24-21-18-15-12-9-6-3)72-66(69)60-57-54-51-48-45-42-39-36-30-28-26-23-20-17-14-11-8-5-2/h20-21,23-24,28,30,63H,4-19,22,25-27,29,31-62H2,1-3H3/b23-20-,24-21-,30-28-. The van der Waals surface area contributed by atoms with E-state index in [0.717, 1.165) is 77.0 Å². The lowest BCUT2D eigenvalue weighted by molar-refractivity contribution is -0.167. The molecular weight excluding hydrogens is 889 g/mol. The van der Waals surface area contributed by atoms with Crippen molar-refractivity contribution in [1.82, 2.24) is 0 Å². The van der Waals surface area contributed by atoms with Crippen molar-refractivity contribution >= 4 is 17.9 Å². The molecule has 1 unspecified atom stereocenters. The van der Waals surface area contributed by atoms with Crippen molar-refractivity contribution < 1.29 is 28.6 Å². The van der Waals surface area contributed by atoms with Gasteiger partial charge in [-0.2, -0.15) is 0 Å². The first kappa shape index (κ1) is 69.6. The third-order valence-electron chi connectivity index (χ3n) is 14.4. The van der Waals surface area contributed by atoms with Crippen molar-refractivity contribution in [3.05, 3.63) is 36.5 Å². The molecule has 6 heteroatoms. The van der Waals surface area contributed by atoms with Crippen LogP contribution in [0, 0.1) is 0 Å². The molecule has 0 rings (SSSR count). The molecule has 0 aliphatic carbocycles. The number of hydrogen-bond donors (Lipinski definition) is 0. The van der Waals surface area contributed by atoms with Gasteiger partial charge in [0, 0.05) is 19.3 Å². The van der Waals surface area contributed by atoms with Crippen molar-refractivity contribution in [3.63, 3.8) is 0 Å². The van der Waals surface area contributed by atoms with Crippen LogP contribution in [-0.2, 0) is 28.6 Å². The molecule has 1 atom stereocenters. The monoisotopic (exact) mass is 1010 g/mol. The fourth-order valence-corrected chi connectivity index (χ4v) is 9.53. The van der Waals surface area contributed by atoms with Crippen molar-refractivity contribution in [1.29, 1.82) is 0 Å². The summed E-state index contributed by atoms with van der Waals surface area (Å²) in [7, 11) is 0. The zero-order valence-corrected chi connectivity index (χ0v) is 48.5. The van der Waals surface area contributed by atoms with Gasteiger partial charge in [0.1, 0.15) is 13.2 Å². The highest BCUT2D eigenvalue weighted by Gasteiger charge is 2.19. The maximum absolute atomic E-state index is 12.9. The largest absolute Gasteiger partial charge is 0.462 e. The second-order valence-electron chi connectivity index (χ2n) is 21.7. The van der Waals surface area contributed by atoms with Gasteiger partial charge in [0.2, 0.25) is 0 Å². The summed E-state index contributed by atoms with van der Waals surface area (Å²) in [6.45, 7) is 6.65. The van der Waals surface area contributed by atoms with E-state index in [9.17, 15) is 14.4 Å². The third kappa shape index (κ3) is 58.5. The molecule has 0 bridgehead atoms. The second-order valence-corrected chi connectivity index (χ2v) is 21.7. The minimum absolute atomic E-state index is 0.0740. The van der Waals surface area contributed by atoms with E-state index in [0.29, 0.717) is 19.3 Å². The molecule has 0 aromatic carbocycles. The van der Waals surface area contributed by atoms with Crippen LogP contribution in [0.1, 0.15) is 348 Å². The number of ether oxygens (including phenoxy) is 3. The maximum atomic E-state index is 12.9. The first-order chi connectivity index (χ1) is 35.5. The van der Waals surface area contributed by atoms with E-state index in [2.05, 4.69) is 57.2 Å². The van der Waals surface area contributed by atoms with Crippen LogP contribution in [0.2, 0.25) is 0 Å². The lowest BCUT2D eigenvalue weighted by Gasteiger charge is -2.18. The minimum atomic E-state index is -0.778. The molecule has 0 aromatic rings. The van der Waals surface area contributed by atoms with Gasteiger partial charge in [-0.15, -0.1) is 0 Å². The average molecular weight is 1010 g/mol. The number of unbranched alkanes of at least 4 members (excludes halogenated alkanes) is 42. The highest BCUT2D eigenvalue weighted by molar-refractivity contribution is 5.71. The molecule has 0 radical (unpaired) electrons. The van der Waals surface area contributed by atoms with Crippen LogP contribution in [0.15, 0.2) is 36.5 Å². The summed E-state index contributed by atoms with van der Waals surface area (Å²) in [6.07, 6.45) is 74.4. The lowest BCUT2D eigenvalue weighted by atomic mass is 10.0. The predicted molar refractivity (Wildman–Crippen MR) is 312 cm³/mol. The van der Waals surface area contributed by atoms with Gasteiger partial charge in [-0.25, -0.2) is 0 Å². The molecule has 0 saturated carbocycles. The number of hydrogen-bond acceptors (Lipinski definition) is 6. The Balaban J connectivity index is 4.27. The Hall–Kier alpha value is -2.37. The van der Waals surface area contributed by atoms with Crippen LogP contribution in [0.5, 0.6) is 0 Å². The van der Waals surface area contributed by atoms with Crippen LogP contribution in [0.4, 0.5) is 0 Å². The summed E-state index contributed by atoms with van der Waals surface area (Å²) in [5, 5.41) is 0. The maximum Gasteiger partial charge on any atom is 0.306 e. The Labute approximate surface area is 448 Å². The van der Waals surface area contributed by atoms with Gasteiger partial charge in [0.25, 0.3) is 0 Å². The van der Waals surface area contributed by atoms with Crippen molar-refractivity contribution in [3.8, 4) is 0 Å². The van der Waals surface area contributed by atoms with Gasteiger partial charge >= 0.3 is 17.9 Å². The molecule has 0 heterocycles. The Morgan fingerprint density at radius 3 is 0.792 bits per heavy atom. The Morgan fingerprint density at radius 1 is 0.278 bits per heavy atom. The minimum Gasteiger partial charge on any atom is -0.462 e. The molecule has 0 fully saturated rings. The average Bonchev–Trinajstić information content (AvgIpc) is 3.38. The zero-order chi connectivity index (χ0) is 52.2.